The van der Waals surface area contributed by atoms with Crippen LogP contribution in [-0.4, -0.2) is 45.0 Å². The van der Waals surface area contributed by atoms with Crippen molar-refractivity contribution in [1.82, 2.24) is 15.1 Å². The topological polar surface area (TPSA) is 131 Å². The normalized spacial score (nSPS) is 10.6. The molecule has 0 radical (unpaired) electrons. The Bertz CT molecular complexity index is 1280. The largest absolute Gasteiger partial charge is 0.505 e. The van der Waals surface area contributed by atoms with Crippen molar-refractivity contribution in [3.05, 3.63) is 74.8 Å². The molecule has 0 saturated carbocycles. The average Bonchev–Trinajstić information content (AvgIpc) is 2.75. The Hall–Kier alpha value is -3.92. The van der Waals surface area contributed by atoms with Gasteiger partial charge in [-0.05, 0) is 30.7 Å². The zero-order valence-electron chi connectivity index (χ0n) is 17.3. The number of aromatic nitrogens is 2. The molecule has 172 valence electrons. The number of amides is 1. The van der Waals surface area contributed by atoms with Crippen LogP contribution in [0.15, 0.2) is 47.3 Å². The Kier molecular flexibility index (Phi) is 7.29. The maximum atomic E-state index is 14.2. The number of rotatable bonds is 8. The first kappa shape index (κ1) is 23.7. The molecule has 0 unspecified atom stereocenters. The Morgan fingerprint density at radius 3 is 2.64 bits per heavy atom. The van der Waals surface area contributed by atoms with Gasteiger partial charge in [-0.2, -0.15) is 5.10 Å². The van der Waals surface area contributed by atoms with Crippen molar-refractivity contribution < 1.29 is 28.9 Å². The Balaban J connectivity index is 2.21. The zero-order valence-corrected chi connectivity index (χ0v) is 18.1. The second-order valence-corrected chi connectivity index (χ2v) is 7.22. The number of nitrogens with one attached hydrogen (secondary N) is 1. The molecule has 0 aliphatic rings. The van der Waals surface area contributed by atoms with Gasteiger partial charge in [0.25, 0.3) is 11.5 Å². The van der Waals surface area contributed by atoms with Crippen LogP contribution in [0.4, 0.5) is 4.39 Å². The fraction of sp³-hybridized carbons (Fsp3) is 0.182. The summed E-state index contributed by atoms with van der Waals surface area (Å²) in [7, 11) is 0. The molecule has 0 spiro atoms. The first-order valence-electron chi connectivity index (χ1n) is 9.72. The van der Waals surface area contributed by atoms with E-state index in [-0.39, 0.29) is 30.2 Å². The third-order valence-corrected chi connectivity index (χ3v) is 4.86. The molecule has 11 heteroatoms. The van der Waals surface area contributed by atoms with E-state index < -0.39 is 41.1 Å². The number of halogens is 2. The van der Waals surface area contributed by atoms with Gasteiger partial charge in [0.15, 0.2) is 11.3 Å². The van der Waals surface area contributed by atoms with Gasteiger partial charge in [-0.3, -0.25) is 14.4 Å². The van der Waals surface area contributed by atoms with Gasteiger partial charge in [0, 0.05) is 16.7 Å². The summed E-state index contributed by atoms with van der Waals surface area (Å²) < 4.78 is 20.4. The summed E-state index contributed by atoms with van der Waals surface area (Å²) in [6.07, 6.45) is 0. The van der Waals surface area contributed by atoms with E-state index in [4.69, 9.17) is 21.4 Å². The first-order chi connectivity index (χ1) is 15.7. The minimum atomic E-state index is -1.35. The maximum absolute atomic E-state index is 14.2. The number of aromatic hydroxyl groups is 1. The number of aliphatic carboxylic acids is 1. The SMILES string of the molecule is CCOc1cc(F)cc(-c2nn(Cc3ccccc3Cl)c(=O)c(C(=O)NCC(=O)O)c2O)c1. The third-order valence-electron chi connectivity index (χ3n) is 4.49. The number of carbonyl (C=O) groups is 2. The molecule has 3 aromatic rings. The van der Waals surface area contributed by atoms with Crippen LogP contribution in [0.25, 0.3) is 11.3 Å². The minimum absolute atomic E-state index is 0.0381. The van der Waals surface area contributed by atoms with Crippen LogP contribution in [-0.2, 0) is 11.3 Å². The number of carbonyl (C=O) groups excluding carboxylic acids is 1. The Labute approximate surface area is 192 Å². The van der Waals surface area contributed by atoms with Crippen molar-refractivity contribution in [3.63, 3.8) is 0 Å². The second kappa shape index (κ2) is 10.1. The molecule has 33 heavy (non-hydrogen) atoms. The van der Waals surface area contributed by atoms with E-state index in [0.717, 1.165) is 16.8 Å². The molecule has 3 N–H and O–H groups in total. The summed E-state index contributed by atoms with van der Waals surface area (Å²) in [4.78, 5) is 36.4. The number of carboxylic acids is 1. The van der Waals surface area contributed by atoms with Gasteiger partial charge in [0.1, 0.15) is 23.8 Å². The van der Waals surface area contributed by atoms with Crippen molar-refractivity contribution in [3.8, 4) is 22.8 Å². The molecule has 0 atom stereocenters. The molecule has 0 aliphatic carbocycles. The summed E-state index contributed by atoms with van der Waals surface area (Å²) in [6, 6.07) is 10.2. The second-order valence-electron chi connectivity index (χ2n) is 6.81. The van der Waals surface area contributed by atoms with Gasteiger partial charge in [-0.1, -0.05) is 29.8 Å². The van der Waals surface area contributed by atoms with Gasteiger partial charge in [0.2, 0.25) is 0 Å². The molecule has 0 bridgehead atoms. The molecule has 0 aliphatic heterocycles. The lowest BCUT2D eigenvalue weighted by Crippen LogP contribution is -2.37. The average molecular weight is 476 g/mol. The zero-order chi connectivity index (χ0) is 24.1. The summed E-state index contributed by atoms with van der Waals surface area (Å²) in [5.74, 6) is -3.85. The summed E-state index contributed by atoms with van der Waals surface area (Å²) in [6.45, 7) is 0.999. The van der Waals surface area contributed by atoms with Crippen LogP contribution in [0.1, 0.15) is 22.8 Å². The Morgan fingerprint density at radius 2 is 1.97 bits per heavy atom. The molecule has 1 amide bonds. The van der Waals surface area contributed by atoms with Crippen LogP contribution >= 0.6 is 11.6 Å². The van der Waals surface area contributed by atoms with E-state index in [2.05, 4.69) is 5.10 Å². The van der Waals surface area contributed by atoms with Crippen LogP contribution in [0.5, 0.6) is 11.5 Å². The number of hydrogen-bond donors (Lipinski definition) is 3. The van der Waals surface area contributed by atoms with Crippen molar-refractivity contribution >= 4 is 23.5 Å². The maximum Gasteiger partial charge on any atom is 0.322 e. The van der Waals surface area contributed by atoms with Gasteiger partial charge in [-0.25, -0.2) is 9.07 Å². The first-order valence-corrected chi connectivity index (χ1v) is 10.1. The monoisotopic (exact) mass is 475 g/mol. The number of carboxylic acid groups (broad SMARTS) is 1. The highest BCUT2D eigenvalue weighted by atomic mass is 35.5. The molecule has 3 rings (SSSR count). The van der Waals surface area contributed by atoms with Crippen LogP contribution in [0, 0.1) is 5.82 Å². The molecule has 0 saturated heterocycles. The van der Waals surface area contributed by atoms with Crippen molar-refractivity contribution in [2.75, 3.05) is 13.2 Å². The number of benzene rings is 2. The van der Waals surface area contributed by atoms with Gasteiger partial charge in [0.05, 0.1) is 13.2 Å². The van der Waals surface area contributed by atoms with E-state index in [9.17, 15) is 23.9 Å². The standard InChI is InChI=1S/C22H19ClFN3O6/c1-2-33-15-8-13(7-14(24)9-15)19-20(30)18(21(31)25-10-17(28)29)22(32)27(26-19)11-12-5-3-4-6-16(12)23/h3-9,30H,2,10-11H2,1H3,(H,25,31)(H,28,29). The lowest BCUT2D eigenvalue weighted by Gasteiger charge is -2.14. The molecule has 9 nitrogen and oxygen atoms in total. The molecular weight excluding hydrogens is 457 g/mol. The van der Waals surface area contributed by atoms with E-state index >= 15 is 0 Å². The molecule has 0 fully saturated rings. The number of ether oxygens (including phenoxy) is 1. The fourth-order valence-electron chi connectivity index (χ4n) is 3.05. The predicted molar refractivity (Wildman–Crippen MR) is 117 cm³/mol. The van der Waals surface area contributed by atoms with Crippen molar-refractivity contribution in [2.24, 2.45) is 0 Å². The highest BCUT2D eigenvalue weighted by molar-refractivity contribution is 6.31. The smallest absolute Gasteiger partial charge is 0.322 e. The highest BCUT2D eigenvalue weighted by Gasteiger charge is 2.25. The van der Waals surface area contributed by atoms with Crippen LogP contribution < -0.4 is 15.6 Å². The van der Waals surface area contributed by atoms with Crippen LogP contribution in [0.3, 0.4) is 0 Å². The fourth-order valence-corrected chi connectivity index (χ4v) is 3.25. The van der Waals surface area contributed by atoms with Gasteiger partial charge >= 0.3 is 5.97 Å². The predicted octanol–water partition coefficient (Wildman–Crippen LogP) is 2.67. The Morgan fingerprint density at radius 1 is 1.24 bits per heavy atom. The summed E-state index contributed by atoms with van der Waals surface area (Å²) >= 11 is 6.17. The van der Waals surface area contributed by atoms with E-state index in [1.54, 1.807) is 31.2 Å². The quantitative estimate of drug-likeness (QED) is 0.456. The van der Waals surface area contributed by atoms with E-state index in [1.165, 1.54) is 6.07 Å². The van der Waals surface area contributed by atoms with Crippen molar-refractivity contribution in [2.45, 2.75) is 13.5 Å². The van der Waals surface area contributed by atoms with E-state index in [1.807, 2.05) is 5.32 Å². The van der Waals surface area contributed by atoms with Crippen LogP contribution in [0.2, 0.25) is 5.02 Å². The third kappa shape index (κ3) is 5.47. The lowest BCUT2D eigenvalue weighted by atomic mass is 10.1. The number of nitrogens with zero attached hydrogens (tertiary/aromatic N) is 2. The highest BCUT2D eigenvalue weighted by Crippen LogP contribution is 2.32. The van der Waals surface area contributed by atoms with Crippen molar-refractivity contribution in [1.29, 1.82) is 0 Å². The molecule has 2 aromatic carbocycles. The van der Waals surface area contributed by atoms with Gasteiger partial charge in [-0.15, -0.1) is 0 Å². The van der Waals surface area contributed by atoms with Gasteiger partial charge < -0.3 is 20.3 Å². The molecule has 1 aromatic heterocycles. The molecular formula is C22H19ClFN3O6. The summed E-state index contributed by atoms with van der Waals surface area (Å²) in [5.41, 5.74) is -1.47. The lowest BCUT2D eigenvalue weighted by molar-refractivity contribution is -0.135. The number of hydrogen-bond acceptors (Lipinski definition) is 6. The summed E-state index contributed by atoms with van der Waals surface area (Å²) in [5, 5.41) is 26.1. The van der Waals surface area contributed by atoms with E-state index in [0.29, 0.717) is 10.6 Å². The molecule has 1 heterocycles. The minimum Gasteiger partial charge on any atom is -0.505 e.